The monoisotopic (exact) mass is 528 g/mol. The summed E-state index contributed by atoms with van der Waals surface area (Å²) < 4.78 is 10.1. The molecule has 0 spiro atoms. The zero-order valence-electron chi connectivity index (χ0n) is 23.2. The first kappa shape index (κ1) is 27.7. The van der Waals surface area contributed by atoms with Crippen LogP contribution in [0.5, 0.6) is 0 Å². The minimum atomic E-state index is -0.515. The number of aryl methyl sites for hydroxylation is 1. The summed E-state index contributed by atoms with van der Waals surface area (Å²) in [5.41, 5.74) is -0.408. The van der Waals surface area contributed by atoms with E-state index in [2.05, 4.69) is 27.0 Å². The number of amides is 1. The number of hydrogen-bond acceptors (Lipinski definition) is 8. The van der Waals surface area contributed by atoms with Crippen molar-refractivity contribution in [2.24, 2.45) is 7.05 Å². The first-order chi connectivity index (χ1) is 18.1. The van der Waals surface area contributed by atoms with Gasteiger partial charge < -0.3 is 19.9 Å². The fraction of sp³-hybridized carbons (Fsp3) is 0.692. The van der Waals surface area contributed by atoms with Crippen LogP contribution in [0.3, 0.4) is 0 Å². The molecule has 2 aliphatic heterocycles. The maximum absolute atomic E-state index is 13.6. The van der Waals surface area contributed by atoms with Gasteiger partial charge in [-0.25, -0.2) is 9.59 Å². The van der Waals surface area contributed by atoms with E-state index in [1.807, 2.05) is 25.3 Å². The highest BCUT2D eigenvalue weighted by molar-refractivity contribution is 5.75. The number of piperazine rings is 2. The number of rotatable bonds is 6. The Labute approximate surface area is 223 Å². The van der Waals surface area contributed by atoms with E-state index in [0.717, 1.165) is 45.8 Å². The second kappa shape index (κ2) is 11.6. The molecule has 0 atom stereocenters. The lowest BCUT2D eigenvalue weighted by Crippen LogP contribution is -2.50. The number of fused-ring (bicyclic) bond motifs is 1. The van der Waals surface area contributed by atoms with E-state index in [1.165, 1.54) is 9.13 Å². The number of anilines is 1. The van der Waals surface area contributed by atoms with Crippen LogP contribution < -0.4 is 21.5 Å². The second-order valence-electron chi connectivity index (χ2n) is 10.8. The Bertz CT molecular complexity index is 1330. The van der Waals surface area contributed by atoms with Crippen LogP contribution in [-0.2, 0) is 24.9 Å². The van der Waals surface area contributed by atoms with Gasteiger partial charge >= 0.3 is 11.8 Å². The Kier molecular flexibility index (Phi) is 8.47. The van der Waals surface area contributed by atoms with Crippen LogP contribution in [0.2, 0.25) is 0 Å². The molecule has 0 bridgehead atoms. The molecule has 0 aliphatic carbocycles. The maximum atomic E-state index is 13.6. The molecular weight excluding hydrogens is 488 g/mol. The normalized spacial score (nSPS) is 17.0. The number of ether oxygens (including phenoxy) is 1. The molecule has 4 rings (SSSR count). The Morgan fingerprint density at radius 1 is 1.03 bits per heavy atom. The average Bonchev–Trinajstić information content (AvgIpc) is 3.28. The quantitative estimate of drug-likeness (QED) is 0.533. The summed E-state index contributed by atoms with van der Waals surface area (Å²) in [7, 11) is 1.67. The minimum absolute atomic E-state index is 0.287. The lowest BCUT2D eigenvalue weighted by atomic mass is 10.2. The molecule has 38 heavy (non-hydrogen) atoms. The molecule has 208 valence electrons. The van der Waals surface area contributed by atoms with E-state index in [-0.39, 0.29) is 17.3 Å². The highest BCUT2D eigenvalue weighted by Gasteiger charge is 2.27. The maximum Gasteiger partial charge on any atom is 0.410 e. The van der Waals surface area contributed by atoms with Crippen molar-refractivity contribution in [2.75, 3.05) is 63.8 Å². The van der Waals surface area contributed by atoms with Gasteiger partial charge in [-0.2, -0.15) is 4.98 Å². The van der Waals surface area contributed by atoms with E-state index in [1.54, 1.807) is 18.9 Å². The molecule has 4 heterocycles. The van der Waals surface area contributed by atoms with Gasteiger partial charge in [0.1, 0.15) is 5.60 Å². The third kappa shape index (κ3) is 6.05. The van der Waals surface area contributed by atoms with Gasteiger partial charge in [-0.05, 0) is 40.7 Å². The van der Waals surface area contributed by atoms with Gasteiger partial charge in [0, 0.05) is 66.0 Å². The minimum Gasteiger partial charge on any atom is -0.444 e. The molecule has 2 aliphatic rings. The number of carbonyl (C=O) groups excluding carboxylic acids is 1. The third-order valence-electron chi connectivity index (χ3n) is 6.91. The largest absolute Gasteiger partial charge is 0.444 e. The summed E-state index contributed by atoms with van der Waals surface area (Å²) in [5, 5.41) is 3.33. The van der Waals surface area contributed by atoms with Crippen molar-refractivity contribution in [1.82, 2.24) is 33.8 Å². The zero-order chi connectivity index (χ0) is 27.4. The molecule has 2 saturated heterocycles. The standard InChI is InChI=1S/C26H40N8O4/c1-6-7-12-33-20-21(28-23(33)31-14-9-27-10-15-31)29(5)24(36)34(22(20)35)13-8-11-30-16-18-32(19-17-30)25(37)38-26(2,3)4/h27H,8-19H2,1-5H3. The number of hydrogen-bond donors (Lipinski definition) is 1. The molecule has 12 nitrogen and oxygen atoms in total. The smallest absolute Gasteiger partial charge is 0.410 e. The lowest BCUT2D eigenvalue weighted by molar-refractivity contribution is 0.0143. The Morgan fingerprint density at radius 2 is 1.71 bits per heavy atom. The molecule has 0 aromatic carbocycles. The second-order valence-corrected chi connectivity index (χ2v) is 10.8. The lowest BCUT2D eigenvalue weighted by Gasteiger charge is -2.35. The van der Waals surface area contributed by atoms with Crippen molar-refractivity contribution in [3.63, 3.8) is 0 Å². The summed E-state index contributed by atoms with van der Waals surface area (Å²) >= 11 is 0. The van der Waals surface area contributed by atoms with Crippen LogP contribution in [-0.4, -0.2) is 99.1 Å². The highest BCUT2D eigenvalue weighted by atomic mass is 16.6. The van der Waals surface area contributed by atoms with Crippen LogP contribution in [0.1, 0.15) is 34.1 Å². The number of nitrogens with one attached hydrogen (secondary N) is 1. The molecule has 0 radical (unpaired) electrons. The van der Waals surface area contributed by atoms with E-state index >= 15 is 0 Å². The van der Waals surface area contributed by atoms with E-state index in [0.29, 0.717) is 49.7 Å². The van der Waals surface area contributed by atoms with Gasteiger partial charge in [-0.3, -0.25) is 23.4 Å². The molecule has 1 N–H and O–H groups in total. The van der Waals surface area contributed by atoms with Crippen LogP contribution in [0.25, 0.3) is 11.2 Å². The molecule has 0 unspecified atom stereocenters. The van der Waals surface area contributed by atoms with Crippen LogP contribution in [0.4, 0.5) is 10.7 Å². The summed E-state index contributed by atoms with van der Waals surface area (Å²) in [6.07, 6.45) is 0.353. The Hall–Kier alpha value is -3.30. The highest BCUT2D eigenvalue weighted by Crippen LogP contribution is 2.20. The first-order valence-corrected chi connectivity index (χ1v) is 13.4. The molecule has 0 saturated carbocycles. The molecule has 2 fully saturated rings. The summed E-state index contributed by atoms with van der Waals surface area (Å²) in [6, 6.07) is 0. The van der Waals surface area contributed by atoms with Crippen molar-refractivity contribution in [3.8, 4) is 11.8 Å². The molecule has 2 aromatic rings. The Balaban J connectivity index is 1.49. The number of carbonyl (C=O) groups is 1. The van der Waals surface area contributed by atoms with Crippen LogP contribution in [0, 0.1) is 11.8 Å². The van der Waals surface area contributed by atoms with Gasteiger partial charge in [0.2, 0.25) is 5.95 Å². The van der Waals surface area contributed by atoms with Gasteiger partial charge in [0.15, 0.2) is 11.2 Å². The molecule has 12 heteroatoms. The summed E-state index contributed by atoms with van der Waals surface area (Å²) in [4.78, 5) is 50.0. The van der Waals surface area contributed by atoms with Crippen LogP contribution in [0.15, 0.2) is 9.59 Å². The van der Waals surface area contributed by atoms with Crippen molar-refractivity contribution >= 4 is 23.2 Å². The van der Waals surface area contributed by atoms with Crippen molar-refractivity contribution < 1.29 is 9.53 Å². The van der Waals surface area contributed by atoms with Gasteiger partial charge in [-0.1, -0.05) is 5.92 Å². The number of aromatic nitrogens is 4. The van der Waals surface area contributed by atoms with Crippen molar-refractivity contribution in [2.45, 2.75) is 52.8 Å². The fourth-order valence-corrected chi connectivity index (χ4v) is 4.90. The molecular formula is C26H40N8O4. The van der Waals surface area contributed by atoms with E-state index in [9.17, 15) is 14.4 Å². The van der Waals surface area contributed by atoms with E-state index in [4.69, 9.17) is 9.72 Å². The SMILES string of the molecule is CC#CCn1c(N2CCNCC2)nc2c1c(=O)n(CCCN1CCN(C(=O)OC(C)(C)C)CC1)c(=O)n2C. The predicted molar refractivity (Wildman–Crippen MR) is 147 cm³/mol. The first-order valence-electron chi connectivity index (χ1n) is 13.4. The summed E-state index contributed by atoms with van der Waals surface area (Å²) in [6.45, 7) is 14.6. The van der Waals surface area contributed by atoms with Crippen molar-refractivity contribution in [1.29, 1.82) is 0 Å². The van der Waals surface area contributed by atoms with Gasteiger partial charge in [0.25, 0.3) is 5.56 Å². The zero-order valence-corrected chi connectivity index (χ0v) is 23.2. The fourth-order valence-electron chi connectivity index (χ4n) is 4.90. The molecule has 1 amide bonds. The Morgan fingerprint density at radius 3 is 2.34 bits per heavy atom. The van der Waals surface area contributed by atoms with Gasteiger partial charge in [0.05, 0.1) is 6.54 Å². The third-order valence-corrected chi connectivity index (χ3v) is 6.91. The number of imidazole rings is 1. The van der Waals surface area contributed by atoms with Crippen LogP contribution >= 0.6 is 0 Å². The summed E-state index contributed by atoms with van der Waals surface area (Å²) in [5.74, 6) is 6.65. The predicted octanol–water partition coefficient (Wildman–Crippen LogP) is 0.272. The van der Waals surface area contributed by atoms with Gasteiger partial charge in [-0.15, -0.1) is 5.92 Å². The average molecular weight is 529 g/mol. The number of nitrogens with zero attached hydrogens (tertiary/aromatic N) is 7. The van der Waals surface area contributed by atoms with Crippen molar-refractivity contribution in [3.05, 3.63) is 20.8 Å². The molecule has 2 aromatic heterocycles. The van der Waals surface area contributed by atoms with E-state index < -0.39 is 5.60 Å². The topological polar surface area (TPSA) is 110 Å².